The number of piperazine rings is 1. The van der Waals surface area contributed by atoms with Crippen molar-refractivity contribution >= 4 is 22.5 Å². The SMILES string of the molecule is CCOc1ccc2cc(C(=O)N3CCN(Cc4cccc([N+](=O)[O-])c4)CC3)[nH]c2c1. The maximum Gasteiger partial charge on any atom is 0.270 e. The molecule has 2 aromatic carbocycles. The van der Waals surface area contributed by atoms with Crippen molar-refractivity contribution in [2.45, 2.75) is 13.5 Å². The number of nitro groups is 1. The van der Waals surface area contributed by atoms with Crippen molar-refractivity contribution in [2.24, 2.45) is 0 Å². The van der Waals surface area contributed by atoms with E-state index < -0.39 is 0 Å². The van der Waals surface area contributed by atoms with Gasteiger partial charge in [-0.15, -0.1) is 0 Å². The van der Waals surface area contributed by atoms with E-state index in [-0.39, 0.29) is 16.5 Å². The van der Waals surface area contributed by atoms with E-state index >= 15 is 0 Å². The fourth-order valence-electron chi connectivity index (χ4n) is 3.78. The standard InChI is InChI=1S/C22H24N4O4/c1-2-30-19-7-6-17-13-21(23-20(17)14-19)22(27)25-10-8-24(9-11-25)15-16-4-3-5-18(12-16)26(28)29/h3-7,12-14,23H,2,8-11,15H2,1H3. The molecule has 1 fully saturated rings. The van der Waals surface area contributed by atoms with Crippen molar-refractivity contribution in [2.75, 3.05) is 32.8 Å². The van der Waals surface area contributed by atoms with Gasteiger partial charge in [0.2, 0.25) is 0 Å². The Kier molecular flexibility index (Phi) is 5.67. The third kappa shape index (κ3) is 4.28. The van der Waals surface area contributed by atoms with Gasteiger partial charge in [0.05, 0.1) is 11.5 Å². The van der Waals surface area contributed by atoms with E-state index in [1.165, 1.54) is 6.07 Å². The summed E-state index contributed by atoms with van der Waals surface area (Å²) in [6.07, 6.45) is 0. The van der Waals surface area contributed by atoms with Crippen LogP contribution < -0.4 is 4.74 Å². The van der Waals surface area contributed by atoms with Gasteiger partial charge in [-0.05, 0) is 30.7 Å². The van der Waals surface area contributed by atoms with Gasteiger partial charge >= 0.3 is 0 Å². The predicted molar refractivity (Wildman–Crippen MR) is 114 cm³/mol. The zero-order valence-electron chi connectivity index (χ0n) is 16.8. The second-order valence-electron chi connectivity index (χ2n) is 7.36. The number of hydrogen-bond donors (Lipinski definition) is 1. The number of benzene rings is 2. The first-order valence-corrected chi connectivity index (χ1v) is 10.0. The van der Waals surface area contributed by atoms with Gasteiger partial charge in [-0.2, -0.15) is 0 Å². The molecule has 1 aliphatic rings. The number of H-pyrrole nitrogens is 1. The van der Waals surface area contributed by atoms with E-state index in [4.69, 9.17) is 4.74 Å². The summed E-state index contributed by atoms with van der Waals surface area (Å²) in [5.41, 5.74) is 2.47. The van der Waals surface area contributed by atoms with Crippen molar-refractivity contribution in [3.05, 3.63) is 69.9 Å². The number of non-ortho nitro benzene ring substituents is 1. The molecular formula is C22H24N4O4. The lowest BCUT2D eigenvalue weighted by atomic mass is 10.1. The molecule has 156 valence electrons. The molecule has 0 radical (unpaired) electrons. The molecule has 0 unspecified atom stereocenters. The van der Waals surface area contributed by atoms with Gasteiger partial charge in [0.1, 0.15) is 11.4 Å². The summed E-state index contributed by atoms with van der Waals surface area (Å²) in [5, 5.41) is 11.9. The van der Waals surface area contributed by atoms with Crippen LogP contribution in [0.5, 0.6) is 5.75 Å². The Morgan fingerprint density at radius 2 is 1.93 bits per heavy atom. The van der Waals surface area contributed by atoms with E-state index in [9.17, 15) is 14.9 Å². The van der Waals surface area contributed by atoms with Gasteiger partial charge in [0.25, 0.3) is 11.6 Å². The Bertz CT molecular complexity index is 1070. The first kappa shape index (κ1) is 19.9. The lowest BCUT2D eigenvalue weighted by molar-refractivity contribution is -0.384. The largest absolute Gasteiger partial charge is 0.494 e. The number of nitrogens with one attached hydrogen (secondary N) is 1. The number of fused-ring (bicyclic) bond motifs is 1. The smallest absolute Gasteiger partial charge is 0.270 e. The fourth-order valence-corrected chi connectivity index (χ4v) is 3.78. The summed E-state index contributed by atoms with van der Waals surface area (Å²) in [7, 11) is 0. The lowest BCUT2D eigenvalue weighted by Crippen LogP contribution is -2.48. The van der Waals surface area contributed by atoms with Crippen LogP contribution in [0.15, 0.2) is 48.5 Å². The number of carbonyl (C=O) groups excluding carboxylic acids is 1. The lowest BCUT2D eigenvalue weighted by Gasteiger charge is -2.34. The van der Waals surface area contributed by atoms with Crippen LogP contribution in [0, 0.1) is 10.1 Å². The van der Waals surface area contributed by atoms with Gasteiger partial charge in [0.15, 0.2) is 0 Å². The van der Waals surface area contributed by atoms with Crippen LogP contribution in [0.1, 0.15) is 23.0 Å². The highest BCUT2D eigenvalue weighted by molar-refractivity contribution is 5.98. The van der Waals surface area contributed by atoms with Crippen LogP contribution in [-0.2, 0) is 6.54 Å². The van der Waals surface area contributed by atoms with Gasteiger partial charge in [0, 0.05) is 61.8 Å². The number of nitro benzene ring substituents is 1. The summed E-state index contributed by atoms with van der Waals surface area (Å²) in [4.78, 5) is 30.8. The molecule has 0 bridgehead atoms. The Morgan fingerprint density at radius 3 is 2.67 bits per heavy atom. The molecule has 3 aromatic rings. The average Bonchev–Trinajstić information content (AvgIpc) is 3.18. The molecule has 1 aromatic heterocycles. The van der Waals surface area contributed by atoms with Crippen LogP contribution in [-0.4, -0.2) is 58.4 Å². The average molecular weight is 408 g/mol. The molecule has 1 aliphatic heterocycles. The molecule has 1 amide bonds. The topological polar surface area (TPSA) is 91.7 Å². The van der Waals surface area contributed by atoms with Crippen LogP contribution in [0.25, 0.3) is 10.9 Å². The molecule has 8 heteroatoms. The number of carbonyl (C=O) groups is 1. The van der Waals surface area contributed by atoms with Crippen LogP contribution in [0.3, 0.4) is 0 Å². The highest BCUT2D eigenvalue weighted by Crippen LogP contribution is 2.23. The summed E-state index contributed by atoms with van der Waals surface area (Å²) < 4.78 is 5.52. The predicted octanol–water partition coefficient (Wildman–Crippen LogP) is 3.43. The quantitative estimate of drug-likeness (QED) is 0.498. The summed E-state index contributed by atoms with van der Waals surface area (Å²) in [6, 6.07) is 14.3. The van der Waals surface area contributed by atoms with Gasteiger partial charge in [-0.1, -0.05) is 12.1 Å². The number of aromatic nitrogens is 1. The second kappa shape index (κ2) is 8.54. The van der Waals surface area contributed by atoms with E-state index in [0.717, 1.165) is 35.3 Å². The number of rotatable bonds is 6. The maximum absolute atomic E-state index is 12.9. The minimum absolute atomic E-state index is 0.0147. The number of amides is 1. The molecular weight excluding hydrogens is 384 g/mol. The van der Waals surface area contributed by atoms with Crippen molar-refractivity contribution in [1.82, 2.24) is 14.8 Å². The molecule has 0 spiro atoms. The minimum Gasteiger partial charge on any atom is -0.494 e. The van der Waals surface area contributed by atoms with E-state index in [2.05, 4.69) is 9.88 Å². The van der Waals surface area contributed by atoms with E-state index in [1.54, 1.807) is 12.1 Å². The second-order valence-corrected chi connectivity index (χ2v) is 7.36. The zero-order chi connectivity index (χ0) is 21.1. The minimum atomic E-state index is -0.377. The summed E-state index contributed by atoms with van der Waals surface area (Å²) in [5.74, 6) is 0.764. The molecule has 4 rings (SSSR count). The molecule has 1 N–H and O–H groups in total. The van der Waals surface area contributed by atoms with Crippen LogP contribution in [0.2, 0.25) is 0 Å². The van der Waals surface area contributed by atoms with Gasteiger partial charge in [-0.3, -0.25) is 19.8 Å². The molecule has 30 heavy (non-hydrogen) atoms. The van der Waals surface area contributed by atoms with Crippen LogP contribution in [0.4, 0.5) is 5.69 Å². The Morgan fingerprint density at radius 1 is 1.13 bits per heavy atom. The number of nitrogens with zero attached hydrogens (tertiary/aromatic N) is 3. The number of aromatic amines is 1. The molecule has 0 saturated carbocycles. The third-order valence-corrected chi connectivity index (χ3v) is 5.32. The number of hydrogen-bond acceptors (Lipinski definition) is 5. The van der Waals surface area contributed by atoms with Crippen molar-refractivity contribution < 1.29 is 14.5 Å². The molecule has 0 atom stereocenters. The van der Waals surface area contributed by atoms with Gasteiger partial charge in [-0.25, -0.2) is 0 Å². The van der Waals surface area contributed by atoms with E-state index in [1.807, 2.05) is 42.2 Å². The van der Waals surface area contributed by atoms with E-state index in [0.29, 0.717) is 31.9 Å². The summed E-state index contributed by atoms with van der Waals surface area (Å²) in [6.45, 7) is 5.86. The first-order chi connectivity index (χ1) is 14.5. The first-order valence-electron chi connectivity index (χ1n) is 10.0. The fraction of sp³-hybridized carbons (Fsp3) is 0.318. The highest BCUT2D eigenvalue weighted by atomic mass is 16.6. The Balaban J connectivity index is 1.38. The van der Waals surface area contributed by atoms with Crippen molar-refractivity contribution in [1.29, 1.82) is 0 Å². The van der Waals surface area contributed by atoms with Crippen molar-refractivity contribution in [3.63, 3.8) is 0 Å². The van der Waals surface area contributed by atoms with Crippen molar-refractivity contribution in [3.8, 4) is 5.75 Å². The maximum atomic E-state index is 12.9. The molecule has 2 heterocycles. The molecule has 1 saturated heterocycles. The van der Waals surface area contributed by atoms with Crippen LogP contribution >= 0.6 is 0 Å². The zero-order valence-corrected chi connectivity index (χ0v) is 16.8. The third-order valence-electron chi connectivity index (χ3n) is 5.32. The number of ether oxygens (including phenoxy) is 1. The normalized spacial score (nSPS) is 14.8. The monoisotopic (exact) mass is 408 g/mol. The molecule has 0 aliphatic carbocycles. The Labute approximate surface area is 174 Å². The highest BCUT2D eigenvalue weighted by Gasteiger charge is 2.23. The Hall–Kier alpha value is -3.39. The summed E-state index contributed by atoms with van der Waals surface area (Å²) >= 11 is 0. The molecule has 8 nitrogen and oxygen atoms in total. The van der Waals surface area contributed by atoms with Gasteiger partial charge < -0.3 is 14.6 Å².